The highest BCUT2D eigenvalue weighted by Crippen LogP contribution is 2.14. The smallest absolute Gasteiger partial charge is 0.305 e. The number of carbonyl (C=O) groups excluding carboxylic acids is 1. The standard InChI is InChI=1S/C20H37N5O2/c1-7-27-19(26)12-10-8-9-11-13-22-20(21-5)23-15(2)14-18-16(3)24-25(6)17(18)4/h15H,7-14H2,1-6H3,(H2,21,22,23). The maximum absolute atomic E-state index is 11.3. The fourth-order valence-electron chi connectivity index (χ4n) is 3.09. The number of hydrogen-bond donors (Lipinski definition) is 2. The van der Waals surface area contributed by atoms with E-state index in [0.29, 0.717) is 13.0 Å². The van der Waals surface area contributed by atoms with E-state index in [1.54, 1.807) is 7.05 Å². The Morgan fingerprint density at radius 2 is 1.96 bits per heavy atom. The molecule has 1 aromatic heterocycles. The number of hydrogen-bond acceptors (Lipinski definition) is 4. The van der Waals surface area contributed by atoms with Crippen LogP contribution in [0.15, 0.2) is 4.99 Å². The summed E-state index contributed by atoms with van der Waals surface area (Å²) in [7, 11) is 3.78. The quantitative estimate of drug-likeness (QED) is 0.267. The second-order valence-corrected chi connectivity index (χ2v) is 6.99. The van der Waals surface area contributed by atoms with Crippen molar-refractivity contribution in [1.82, 2.24) is 20.4 Å². The van der Waals surface area contributed by atoms with Crippen molar-refractivity contribution in [2.24, 2.45) is 12.0 Å². The average Bonchev–Trinajstić information content (AvgIpc) is 2.86. The Labute approximate surface area is 164 Å². The van der Waals surface area contributed by atoms with E-state index in [4.69, 9.17) is 4.74 Å². The highest BCUT2D eigenvalue weighted by Gasteiger charge is 2.13. The van der Waals surface area contributed by atoms with E-state index < -0.39 is 0 Å². The minimum Gasteiger partial charge on any atom is -0.466 e. The molecular weight excluding hydrogens is 342 g/mol. The van der Waals surface area contributed by atoms with E-state index >= 15 is 0 Å². The van der Waals surface area contributed by atoms with Crippen molar-refractivity contribution >= 4 is 11.9 Å². The van der Waals surface area contributed by atoms with E-state index in [1.807, 2.05) is 18.7 Å². The van der Waals surface area contributed by atoms with Crippen molar-refractivity contribution in [1.29, 1.82) is 0 Å². The largest absolute Gasteiger partial charge is 0.466 e. The summed E-state index contributed by atoms with van der Waals surface area (Å²) in [4.78, 5) is 15.6. The van der Waals surface area contributed by atoms with E-state index in [-0.39, 0.29) is 12.0 Å². The van der Waals surface area contributed by atoms with Gasteiger partial charge in [-0.05, 0) is 52.5 Å². The molecule has 1 unspecified atom stereocenters. The van der Waals surface area contributed by atoms with Gasteiger partial charge in [0.15, 0.2) is 5.96 Å². The monoisotopic (exact) mass is 379 g/mol. The van der Waals surface area contributed by atoms with Gasteiger partial charge in [-0.25, -0.2) is 0 Å². The number of guanidine groups is 1. The lowest BCUT2D eigenvalue weighted by molar-refractivity contribution is -0.143. The Morgan fingerprint density at radius 1 is 1.26 bits per heavy atom. The molecule has 0 radical (unpaired) electrons. The summed E-state index contributed by atoms with van der Waals surface area (Å²) in [6.07, 6.45) is 5.52. The van der Waals surface area contributed by atoms with Crippen molar-refractivity contribution in [3.8, 4) is 0 Å². The number of unbranched alkanes of at least 4 members (excludes halogenated alkanes) is 3. The second-order valence-electron chi connectivity index (χ2n) is 6.99. The van der Waals surface area contributed by atoms with Gasteiger partial charge in [-0.3, -0.25) is 14.5 Å². The SMILES string of the molecule is CCOC(=O)CCCCCCNC(=NC)NC(C)Cc1c(C)nn(C)c1C. The van der Waals surface area contributed by atoms with Crippen LogP contribution in [0, 0.1) is 13.8 Å². The van der Waals surface area contributed by atoms with Gasteiger partial charge in [-0.2, -0.15) is 5.10 Å². The van der Waals surface area contributed by atoms with Crippen LogP contribution < -0.4 is 10.6 Å². The molecule has 154 valence electrons. The van der Waals surface area contributed by atoms with Crippen molar-refractivity contribution < 1.29 is 9.53 Å². The molecule has 0 aromatic carbocycles. The Morgan fingerprint density at radius 3 is 2.56 bits per heavy atom. The fourth-order valence-corrected chi connectivity index (χ4v) is 3.09. The van der Waals surface area contributed by atoms with Crippen LogP contribution in [0.25, 0.3) is 0 Å². The zero-order valence-corrected chi connectivity index (χ0v) is 17.9. The van der Waals surface area contributed by atoms with Gasteiger partial charge in [-0.1, -0.05) is 12.8 Å². The molecule has 0 aliphatic carbocycles. The summed E-state index contributed by atoms with van der Waals surface area (Å²) in [6.45, 7) is 9.50. The molecule has 0 bridgehead atoms. The molecule has 0 spiro atoms. The molecule has 1 aromatic rings. The minimum atomic E-state index is -0.0895. The predicted molar refractivity (Wildman–Crippen MR) is 110 cm³/mol. The number of aliphatic imine (C=N–C) groups is 1. The molecule has 0 fully saturated rings. The first-order chi connectivity index (χ1) is 12.9. The van der Waals surface area contributed by atoms with Gasteiger partial charge in [0.25, 0.3) is 0 Å². The molecule has 1 rings (SSSR count). The number of aryl methyl sites for hydroxylation is 2. The molecule has 7 nitrogen and oxygen atoms in total. The highest BCUT2D eigenvalue weighted by atomic mass is 16.5. The number of rotatable bonds is 11. The van der Waals surface area contributed by atoms with Crippen LogP contribution in [0.4, 0.5) is 0 Å². The summed E-state index contributed by atoms with van der Waals surface area (Å²) in [5, 5.41) is 11.3. The van der Waals surface area contributed by atoms with Crippen LogP contribution in [0.3, 0.4) is 0 Å². The van der Waals surface area contributed by atoms with Crippen LogP contribution >= 0.6 is 0 Å². The van der Waals surface area contributed by atoms with Gasteiger partial charge < -0.3 is 15.4 Å². The third-order valence-corrected chi connectivity index (χ3v) is 4.68. The fraction of sp³-hybridized carbons (Fsp3) is 0.750. The number of aromatic nitrogens is 2. The molecule has 0 amide bonds. The molecule has 1 atom stereocenters. The van der Waals surface area contributed by atoms with E-state index in [0.717, 1.165) is 50.3 Å². The molecule has 7 heteroatoms. The van der Waals surface area contributed by atoms with E-state index in [9.17, 15) is 4.79 Å². The van der Waals surface area contributed by atoms with Crippen LogP contribution in [0.1, 0.15) is 62.9 Å². The molecule has 1 heterocycles. The number of carbonyl (C=O) groups is 1. The summed E-state index contributed by atoms with van der Waals surface area (Å²) >= 11 is 0. The Kier molecular flexibility index (Phi) is 10.5. The average molecular weight is 380 g/mol. The van der Waals surface area contributed by atoms with E-state index in [2.05, 4.69) is 41.5 Å². The van der Waals surface area contributed by atoms with Gasteiger partial charge in [0.2, 0.25) is 0 Å². The third-order valence-electron chi connectivity index (χ3n) is 4.68. The van der Waals surface area contributed by atoms with Gasteiger partial charge in [0.1, 0.15) is 0 Å². The first-order valence-corrected chi connectivity index (χ1v) is 10.0. The first kappa shape index (κ1) is 23.0. The van der Waals surface area contributed by atoms with Crippen LogP contribution in [0.2, 0.25) is 0 Å². The highest BCUT2D eigenvalue weighted by molar-refractivity contribution is 5.79. The summed E-state index contributed by atoms with van der Waals surface area (Å²) in [5.41, 5.74) is 3.61. The lowest BCUT2D eigenvalue weighted by atomic mass is 10.1. The van der Waals surface area contributed by atoms with Crippen molar-refractivity contribution in [3.63, 3.8) is 0 Å². The molecule has 0 saturated heterocycles. The molecule has 0 aliphatic heterocycles. The number of nitrogens with one attached hydrogen (secondary N) is 2. The summed E-state index contributed by atoms with van der Waals surface area (Å²) in [6, 6.07) is 0.266. The van der Waals surface area contributed by atoms with E-state index in [1.165, 1.54) is 11.3 Å². The first-order valence-electron chi connectivity index (χ1n) is 10.0. The minimum absolute atomic E-state index is 0.0895. The summed E-state index contributed by atoms with van der Waals surface area (Å²) < 4.78 is 6.87. The van der Waals surface area contributed by atoms with Crippen LogP contribution in [-0.4, -0.2) is 48.0 Å². The third kappa shape index (κ3) is 8.45. The van der Waals surface area contributed by atoms with Gasteiger partial charge in [-0.15, -0.1) is 0 Å². The van der Waals surface area contributed by atoms with Crippen molar-refractivity contribution in [2.75, 3.05) is 20.2 Å². The second kappa shape index (κ2) is 12.4. The Balaban J connectivity index is 2.23. The molecule has 27 heavy (non-hydrogen) atoms. The number of nitrogens with zero attached hydrogens (tertiary/aromatic N) is 3. The molecule has 2 N–H and O–H groups in total. The van der Waals surface area contributed by atoms with Crippen LogP contribution in [0.5, 0.6) is 0 Å². The Hall–Kier alpha value is -2.05. The lowest BCUT2D eigenvalue weighted by Gasteiger charge is -2.18. The van der Waals surface area contributed by atoms with Crippen molar-refractivity contribution in [3.05, 3.63) is 17.0 Å². The maximum atomic E-state index is 11.3. The topological polar surface area (TPSA) is 80.5 Å². The molecule has 0 saturated carbocycles. The van der Waals surface area contributed by atoms with Crippen LogP contribution in [-0.2, 0) is 23.0 Å². The predicted octanol–water partition coefficient (Wildman–Crippen LogP) is 2.65. The molecular formula is C20H37N5O2. The zero-order chi connectivity index (χ0) is 20.2. The van der Waals surface area contributed by atoms with Gasteiger partial charge >= 0.3 is 5.97 Å². The lowest BCUT2D eigenvalue weighted by Crippen LogP contribution is -2.43. The summed E-state index contributed by atoms with van der Waals surface area (Å²) in [5.74, 6) is 0.738. The Bertz CT molecular complexity index is 610. The maximum Gasteiger partial charge on any atom is 0.305 e. The number of esters is 1. The zero-order valence-electron chi connectivity index (χ0n) is 17.9. The van der Waals surface area contributed by atoms with Crippen molar-refractivity contribution in [2.45, 2.75) is 72.3 Å². The van der Waals surface area contributed by atoms with Gasteiger partial charge in [0, 0.05) is 38.8 Å². The molecule has 0 aliphatic rings. The number of ether oxygens (including phenoxy) is 1. The normalized spacial score (nSPS) is 12.7. The van der Waals surface area contributed by atoms with Gasteiger partial charge in [0.05, 0.1) is 12.3 Å².